The van der Waals surface area contributed by atoms with Crippen molar-refractivity contribution < 1.29 is 4.42 Å². The summed E-state index contributed by atoms with van der Waals surface area (Å²) >= 11 is 7.63. The van der Waals surface area contributed by atoms with Crippen molar-refractivity contribution in [1.82, 2.24) is 14.9 Å². The molecule has 0 fully saturated rings. The number of thiazole rings is 1. The van der Waals surface area contributed by atoms with E-state index >= 15 is 0 Å². The van der Waals surface area contributed by atoms with Crippen molar-refractivity contribution in [2.45, 2.75) is 26.4 Å². The van der Waals surface area contributed by atoms with Gasteiger partial charge in [0.1, 0.15) is 5.76 Å². The van der Waals surface area contributed by atoms with Gasteiger partial charge in [-0.3, -0.25) is 4.90 Å². The number of hydrogen-bond acceptors (Lipinski definition) is 6. The largest absolute Gasteiger partial charge is 0.441 e. The summed E-state index contributed by atoms with van der Waals surface area (Å²) in [5, 5.41) is 1.33. The highest BCUT2D eigenvalue weighted by molar-refractivity contribution is 7.15. The molecule has 1 aliphatic heterocycles. The molecule has 0 bridgehead atoms. The van der Waals surface area contributed by atoms with Crippen molar-refractivity contribution in [1.29, 1.82) is 0 Å². The number of fused-ring (bicyclic) bond motifs is 1. The Balaban J connectivity index is 1.53. The van der Waals surface area contributed by atoms with E-state index in [2.05, 4.69) is 14.9 Å². The van der Waals surface area contributed by atoms with Crippen molar-refractivity contribution in [2.75, 3.05) is 12.3 Å². The highest BCUT2D eigenvalue weighted by Gasteiger charge is 2.22. The quantitative estimate of drug-likeness (QED) is 0.767. The fourth-order valence-electron chi connectivity index (χ4n) is 2.93. The van der Waals surface area contributed by atoms with E-state index in [0.717, 1.165) is 48.8 Å². The van der Waals surface area contributed by atoms with Gasteiger partial charge in [0, 0.05) is 41.5 Å². The van der Waals surface area contributed by atoms with Crippen LogP contribution in [-0.4, -0.2) is 21.4 Å². The number of hydrogen-bond donors (Lipinski definition) is 1. The van der Waals surface area contributed by atoms with Gasteiger partial charge >= 0.3 is 0 Å². The molecule has 1 aliphatic rings. The van der Waals surface area contributed by atoms with Crippen LogP contribution in [0, 0.1) is 6.92 Å². The van der Waals surface area contributed by atoms with E-state index < -0.39 is 0 Å². The van der Waals surface area contributed by atoms with E-state index in [9.17, 15) is 0 Å². The van der Waals surface area contributed by atoms with Crippen LogP contribution in [0.25, 0.3) is 11.5 Å². The standard InChI is InChI=1S/C17H17ClN4OS/c1-10-14(20-16(23-10)11-3-2-4-12(18)7-11)8-22-6-5-13-15(9-22)24-17(19)21-13/h2-4,7H,5-6,8-9H2,1H3,(H2,19,21). The number of benzene rings is 1. The molecule has 2 N–H and O–H groups in total. The van der Waals surface area contributed by atoms with Crippen molar-refractivity contribution in [3.63, 3.8) is 0 Å². The van der Waals surface area contributed by atoms with Gasteiger partial charge in [0.05, 0.1) is 11.4 Å². The van der Waals surface area contributed by atoms with E-state index in [0.29, 0.717) is 16.0 Å². The van der Waals surface area contributed by atoms with Crippen LogP contribution in [0.3, 0.4) is 0 Å². The third kappa shape index (κ3) is 3.05. The van der Waals surface area contributed by atoms with E-state index in [1.807, 2.05) is 31.2 Å². The van der Waals surface area contributed by atoms with Crippen LogP contribution < -0.4 is 5.73 Å². The Morgan fingerprint density at radius 2 is 2.25 bits per heavy atom. The van der Waals surface area contributed by atoms with Gasteiger partial charge in [-0.1, -0.05) is 17.7 Å². The summed E-state index contributed by atoms with van der Waals surface area (Å²) in [6, 6.07) is 7.56. The molecular weight excluding hydrogens is 344 g/mol. The zero-order valence-corrected chi connectivity index (χ0v) is 14.8. The lowest BCUT2D eigenvalue weighted by Crippen LogP contribution is -2.29. The molecule has 0 saturated heterocycles. The van der Waals surface area contributed by atoms with Gasteiger partial charge in [-0.25, -0.2) is 9.97 Å². The van der Waals surface area contributed by atoms with E-state index in [4.69, 9.17) is 21.8 Å². The molecule has 7 heteroatoms. The summed E-state index contributed by atoms with van der Waals surface area (Å²) in [6.07, 6.45) is 0.932. The van der Waals surface area contributed by atoms with E-state index in [-0.39, 0.29) is 0 Å². The lowest BCUT2D eigenvalue weighted by Gasteiger charge is -2.24. The molecule has 5 nitrogen and oxygen atoms in total. The molecule has 2 aromatic heterocycles. The topological polar surface area (TPSA) is 68.2 Å². The monoisotopic (exact) mass is 360 g/mol. The zero-order valence-electron chi connectivity index (χ0n) is 13.3. The third-order valence-electron chi connectivity index (χ3n) is 4.16. The summed E-state index contributed by atoms with van der Waals surface area (Å²) in [7, 11) is 0. The Hall–Kier alpha value is -1.89. The maximum atomic E-state index is 6.05. The molecule has 3 aromatic rings. The summed E-state index contributed by atoms with van der Waals surface area (Å²) in [5.41, 5.74) is 8.82. The van der Waals surface area contributed by atoms with Gasteiger partial charge in [0.2, 0.25) is 5.89 Å². The summed E-state index contributed by atoms with van der Waals surface area (Å²) in [4.78, 5) is 12.7. The van der Waals surface area contributed by atoms with Gasteiger partial charge < -0.3 is 10.2 Å². The lowest BCUT2D eigenvalue weighted by molar-refractivity contribution is 0.243. The first kappa shape index (κ1) is 15.6. The molecule has 24 heavy (non-hydrogen) atoms. The second-order valence-electron chi connectivity index (χ2n) is 5.91. The molecule has 0 spiro atoms. The van der Waals surface area contributed by atoms with Crippen LogP contribution in [0.4, 0.5) is 5.13 Å². The van der Waals surface area contributed by atoms with Crippen LogP contribution >= 0.6 is 22.9 Å². The zero-order chi connectivity index (χ0) is 16.7. The molecule has 0 aliphatic carbocycles. The molecule has 4 rings (SSSR count). The summed E-state index contributed by atoms with van der Waals surface area (Å²) in [5.74, 6) is 1.46. The normalized spacial score (nSPS) is 14.8. The SMILES string of the molecule is Cc1oc(-c2cccc(Cl)c2)nc1CN1CCc2nc(N)sc2C1. The maximum absolute atomic E-state index is 6.05. The lowest BCUT2D eigenvalue weighted by atomic mass is 10.1. The number of halogens is 1. The Labute approximate surface area is 149 Å². The van der Waals surface area contributed by atoms with Gasteiger partial charge in [-0.2, -0.15) is 0 Å². The minimum absolute atomic E-state index is 0.615. The average molecular weight is 361 g/mol. The fraction of sp³-hybridized carbons (Fsp3) is 0.294. The molecule has 3 heterocycles. The number of nitrogen functional groups attached to an aromatic ring is 1. The highest BCUT2D eigenvalue weighted by Crippen LogP contribution is 2.29. The number of nitrogens with two attached hydrogens (primary N) is 1. The molecule has 1 aromatic carbocycles. The first-order valence-corrected chi connectivity index (χ1v) is 8.96. The van der Waals surface area contributed by atoms with Gasteiger partial charge in [0.15, 0.2) is 5.13 Å². The number of rotatable bonds is 3. The number of anilines is 1. The predicted molar refractivity (Wildman–Crippen MR) is 96.0 cm³/mol. The Morgan fingerprint density at radius 3 is 3.08 bits per heavy atom. The highest BCUT2D eigenvalue weighted by atomic mass is 35.5. The van der Waals surface area contributed by atoms with E-state index in [1.165, 1.54) is 4.88 Å². The maximum Gasteiger partial charge on any atom is 0.226 e. The number of aryl methyl sites for hydroxylation is 1. The fourth-order valence-corrected chi connectivity index (χ4v) is 4.05. The molecule has 0 amide bonds. The Bertz CT molecular complexity index is 889. The van der Waals surface area contributed by atoms with Gasteiger partial charge in [-0.05, 0) is 25.1 Å². The second-order valence-corrected chi connectivity index (χ2v) is 7.47. The molecule has 0 unspecified atom stereocenters. The smallest absolute Gasteiger partial charge is 0.226 e. The number of aromatic nitrogens is 2. The van der Waals surface area contributed by atoms with Gasteiger partial charge in [-0.15, -0.1) is 11.3 Å². The van der Waals surface area contributed by atoms with Crippen LogP contribution in [0.15, 0.2) is 28.7 Å². The van der Waals surface area contributed by atoms with Crippen molar-refractivity contribution in [3.8, 4) is 11.5 Å². The van der Waals surface area contributed by atoms with Crippen molar-refractivity contribution >= 4 is 28.1 Å². The number of oxazole rings is 1. The van der Waals surface area contributed by atoms with Crippen LogP contribution in [-0.2, 0) is 19.5 Å². The van der Waals surface area contributed by atoms with Crippen molar-refractivity contribution in [3.05, 3.63) is 51.3 Å². The first-order chi connectivity index (χ1) is 11.6. The Morgan fingerprint density at radius 1 is 1.38 bits per heavy atom. The second kappa shape index (κ2) is 6.20. The third-order valence-corrected chi connectivity index (χ3v) is 5.31. The molecule has 124 valence electrons. The van der Waals surface area contributed by atoms with Crippen LogP contribution in [0.1, 0.15) is 22.0 Å². The molecule has 0 radical (unpaired) electrons. The van der Waals surface area contributed by atoms with Crippen molar-refractivity contribution in [2.24, 2.45) is 0 Å². The number of nitrogens with zero attached hydrogens (tertiary/aromatic N) is 3. The average Bonchev–Trinajstić information content (AvgIpc) is 3.09. The summed E-state index contributed by atoms with van der Waals surface area (Å²) in [6.45, 7) is 4.53. The minimum atomic E-state index is 0.615. The summed E-state index contributed by atoms with van der Waals surface area (Å²) < 4.78 is 5.84. The first-order valence-electron chi connectivity index (χ1n) is 7.77. The molecular formula is C17H17ClN4OS. The molecule has 0 atom stereocenters. The molecule has 0 saturated carbocycles. The van der Waals surface area contributed by atoms with Crippen LogP contribution in [0.2, 0.25) is 5.02 Å². The van der Waals surface area contributed by atoms with E-state index in [1.54, 1.807) is 11.3 Å². The van der Waals surface area contributed by atoms with Gasteiger partial charge in [0.25, 0.3) is 0 Å². The Kier molecular flexibility index (Phi) is 4.04. The minimum Gasteiger partial charge on any atom is -0.441 e. The predicted octanol–water partition coefficient (Wildman–Crippen LogP) is 3.90. The van der Waals surface area contributed by atoms with Crippen LogP contribution in [0.5, 0.6) is 0 Å².